The van der Waals surface area contributed by atoms with Gasteiger partial charge in [-0.3, -0.25) is 0 Å². The van der Waals surface area contributed by atoms with E-state index in [9.17, 15) is 0 Å². The summed E-state index contributed by atoms with van der Waals surface area (Å²) in [7, 11) is 0. The third-order valence-corrected chi connectivity index (χ3v) is 24.7. The summed E-state index contributed by atoms with van der Waals surface area (Å²) in [5, 5.41) is 4.70. The third kappa shape index (κ3) is 10.8. The van der Waals surface area contributed by atoms with Crippen molar-refractivity contribution in [2.75, 3.05) is 4.90 Å². The number of para-hydroxylation sites is 3. The monoisotopic (exact) mass is 1450 g/mol. The number of hydrogen-bond donors (Lipinski definition) is 0. The summed E-state index contributed by atoms with van der Waals surface area (Å²) in [6.07, 6.45) is 1.31. The maximum absolute atomic E-state index is 6.78. The highest BCUT2D eigenvalue weighted by Gasteiger charge is 2.41. The number of benzene rings is 18. The van der Waals surface area contributed by atoms with Crippen molar-refractivity contribution in [2.45, 2.75) is 12.8 Å². The Hall–Kier alpha value is -14.2. The molecule has 0 saturated heterocycles. The summed E-state index contributed by atoms with van der Waals surface area (Å²) < 4.78 is 9.30. The van der Waals surface area contributed by atoms with Crippen LogP contribution in [0.2, 0.25) is 0 Å². The van der Waals surface area contributed by atoms with Crippen LogP contribution in [-0.2, 0) is 12.8 Å². The number of hydrogen-bond acceptors (Lipinski definition) is 3. The van der Waals surface area contributed by atoms with Crippen molar-refractivity contribution in [1.82, 2.24) is 0 Å². The lowest BCUT2D eigenvalue weighted by molar-refractivity contribution is 0.669. The Morgan fingerprint density at radius 2 is 0.655 bits per heavy atom. The smallest absolute Gasteiger partial charge is 0.136 e. The SMILES string of the molecule is c1ccc(-c2ccccc2-c2c(-c3ccccc3-c3cccc4oc5ccccc5c34)ccc3c2-c2c(c(N(c4ccccc4-c4ccccc4)c4ccccc4-c4cccc5sc6ccccc6c45)c(-c4ccccc4)c(-c4ccccc4)c2-c2c4c(cc(-c5ccccc5)c2-c2ccccc2)-c2ccccc2C4)C3)cc1. The van der Waals surface area contributed by atoms with Crippen LogP contribution in [0.5, 0.6) is 0 Å². The molecule has 0 bridgehead atoms. The minimum absolute atomic E-state index is 0.586. The highest BCUT2D eigenvalue weighted by molar-refractivity contribution is 7.26. The first-order valence-corrected chi connectivity index (χ1v) is 39.9. The first-order valence-electron chi connectivity index (χ1n) is 39.1. The van der Waals surface area contributed by atoms with Gasteiger partial charge in [-0.2, -0.15) is 0 Å². The van der Waals surface area contributed by atoms with Crippen LogP contribution < -0.4 is 4.90 Å². The van der Waals surface area contributed by atoms with Crippen LogP contribution in [0.4, 0.5) is 17.1 Å². The first kappa shape index (κ1) is 65.8. The number of rotatable bonds is 14. The lowest BCUT2D eigenvalue weighted by Crippen LogP contribution is -2.17. The van der Waals surface area contributed by atoms with Crippen LogP contribution in [-0.4, -0.2) is 0 Å². The molecule has 2 nitrogen and oxygen atoms in total. The third-order valence-electron chi connectivity index (χ3n) is 23.6. The molecule has 2 aliphatic carbocycles. The number of thiophene rings is 1. The molecule has 0 saturated carbocycles. The van der Waals surface area contributed by atoms with Crippen LogP contribution in [0.1, 0.15) is 22.3 Å². The van der Waals surface area contributed by atoms with E-state index in [0.29, 0.717) is 6.42 Å². The van der Waals surface area contributed by atoms with Gasteiger partial charge >= 0.3 is 0 Å². The molecule has 22 rings (SSSR count). The summed E-state index contributed by atoms with van der Waals surface area (Å²) in [5.41, 5.74) is 40.3. The molecule has 2 heterocycles. The number of fused-ring (bicyclic) bond motifs is 12. The van der Waals surface area contributed by atoms with Gasteiger partial charge in [0.25, 0.3) is 0 Å². The van der Waals surface area contributed by atoms with Gasteiger partial charge in [0.2, 0.25) is 0 Å². The molecule has 0 fully saturated rings. The summed E-state index contributed by atoms with van der Waals surface area (Å²) >= 11 is 1.87. The Morgan fingerprint density at radius 1 is 0.212 bits per heavy atom. The molecule has 2 aromatic heterocycles. The molecule has 0 unspecified atom stereocenters. The maximum Gasteiger partial charge on any atom is 0.136 e. The Balaban J connectivity index is 0.992. The number of furan rings is 1. The van der Waals surface area contributed by atoms with Crippen molar-refractivity contribution in [2.24, 2.45) is 0 Å². The van der Waals surface area contributed by atoms with E-state index < -0.39 is 0 Å². The molecule has 3 heteroatoms. The second-order valence-corrected chi connectivity index (χ2v) is 30.9. The highest BCUT2D eigenvalue weighted by Crippen LogP contribution is 2.66. The molecule has 113 heavy (non-hydrogen) atoms. The van der Waals surface area contributed by atoms with Crippen molar-refractivity contribution >= 4 is 70.5 Å². The normalized spacial score (nSPS) is 12.0. The van der Waals surface area contributed by atoms with Crippen molar-refractivity contribution in [3.8, 4) is 145 Å². The fraction of sp³-hybridized carbons (Fsp3) is 0.0182. The zero-order valence-electron chi connectivity index (χ0n) is 61.9. The van der Waals surface area contributed by atoms with Gasteiger partial charge < -0.3 is 9.32 Å². The maximum atomic E-state index is 6.78. The van der Waals surface area contributed by atoms with Gasteiger partial charge in [0.1, 0.15) is 11.2 Å². The summed E-state index contributed by atoms with van der Waals surface area (Å²) in [6, 6.07) is 152. The largest absolute Gasteiger partial charge is 0.456 e. The zero-order chi connectivity index (χ0) is 74.5. The molecule has 0 spiro atoms. The van der Waals surface area contributed by atoms with Crippen molar-refractivity contribution in [1.29, 1.82) is 0 Å². The van der Waals surface area contributed by atoms with Crippen LogP contribution in [0, 0.1) is 0 Å². The quantitative estimate of drug-likeness (QED) is 0.108. The molecule has 0 amide bonds. The van der Waals surface area contributed by atoms with Gasteiger partial charge in [0, 0.05) is 59.6 Å². The van der Waals surface area contributed by atoms with Gasteiger partial charge in [0.15, 0.2) is 0 Å². The van der Waals surface area contributed by atoms with Gasteiger partial charge in [-0.25, -0.2) is 0 Å². The molecule has 2 aliphatic rings. The molecule has 0 atom stereocenters. The molecule has 20 aromatic rings. The van der Waals surface area contributed by atoms with Gasteiger partial charge in [-0.1, -0.05) is 364 Å². The van der Waals surface area contributed by atoms with Crippen molar-refractivity contribution in [3.05, 3.63) is 429 Å². The predicted octanol–water partition coefficient (Wildman–Crippen LogP) is 30.9. The van der Waals surface area contributed by atoms with E-state index in [-0.39, 0.29) is 0 Å². The Labute approximate surface area is 661 Å². The second kappa shape index (κ2) is 27.4. The number of anilines is 3. The first-order chi connectivity index (χ1) is 56.1. The van der Waals surface area contributed by atoms with E-state index in [4.69, 9.17) is 4.42 Å². The molecule has 0 aliphatic heterocycles. The fourth-order valence-corrected chi connectivity index (χ4v) is 20.0. The standard InChI is InChI=1S/C110H71NOS/c1-7-35-70(36-8-1)78-48-21-24-54-84(78)106-87(82-52-23-22-51-81(82)85-57-33-62-97-104(85)88-55-27-31-61-96(88)112-97)66-65-77-68-93-108(102(77)106)109(107-92-67-76-47-19-20-49-79(76)91(92)69-90(72-39-11-3-12-40-72)100(107)73-41-13-4-14-42-73)101(74-43-15-5-16-44-74)103(75-45-17-6-18-46-75)110(93)111(94-59-29-25-50-80(94)71-37-9-2-10-38-71)95-60-30-26-53-83(95)86-58-34-64-99-105(86)89-56-28-32-63-98(89)113-99/h1-66,69H,67-68H2. The Morgan fingerprint density at radius 3 is 1.33 bits per heavy atom. The topological polar surface area (TPSA) is 16.4 Å². The van der Waals surface area contributed by atoms with Crippen molar-refractivity contribution < 1.29 is 4.42 Å². The average molecular weight is 1450 g/mol. The minimum Gasteiger partial charge on any atom is -0.456 e. The van der Waals surface area contributed by atoms with Gasteiger partial charge in [-0.05, 0) is 194 Å². The van der Waals surface area contributed by atoms with Crippen LogP contribution in [0.3, 0.4) is 0 Å². The lowest BCUT2D eigenvalue weighted by atomic mass is 9.74. The van der Waals surface area contributed by atoms with E-state index in [1.165, 1.54) is 98.1 Å². The Bertz CT molecular complexity index is 7140. The van der Waals surface area contributed by atoms with Crippen LogP contribution >= 0.6 is 11.3 Å². The molecule has 18 aromatic carbocycles. The lowest BCUT2D eigenvalue weighted by Gasteiger charge is -2.36. The van der Waals surface area contributed by atoms with Crippen LogP contribution in [0.15, 0.2) is 411 Å². The van der Waals surface area contributed by atoms with Crippen LogP contribution in [0.25, 0.3) is 187 Å². The summed E-state index contributed by atoms with van der Waals surface area (Å²) in [4.78, 5) is 2.73. The molecule has 0 radical (unpaired) electrons. The summed E-state index contributed by atoms with van der Waals surface area (Å²) in [6.45, 7) is 0. The minimum atomic E-state index is 0.586. The fourth-order valence-electron chi connectivity index (χ4n) is 18.9. The van der Waals surface area contributed by atoms with Gasteiger partial charge in [0.05, 0.1) is 17.1 Å². The molecule has 528 valence electrons. The molecular formula is C110H71NOS. The predicted molar refractivity (Wildman–Crippen MR) is 478 cm³/mol. The van der Waals surface area contributed by atoms with E-state index in [0.717, 1.165) is 134 Å². The van der Waals surface area contributed by atoms with E-state index in [1.807, 2.05) is 11.3 Å². The Kier molecular flexibility index (Phi) is 16.0. The van der Waals surface area contributed by atoms with Crippen molar-refractivity contribution in [3.63, 3.8) is 0 Å². The van der Waals surface area contributed by atoms with E-state index >= 15 is 0 Å². The second-order valence-electron chi connectivity index (χ2n) is 29.8. The number of nitrogens with zero attached hydrogens (tertiary/aromatic N) is 1. The van der Waals surface area contributed by atoms with Gasteiger partial charge in [-0.15, -0.1) is 11.3 Å². The van der Waals surface area contributed by atoms with E-state index in [1.54, 1.807) is 0 Å². The highest BCUT2D eigenvalue weighted by atomic mass is 32.1. The zero-order valence-corrected chi connectivity index (χ0v) is 62.7. The van der Waals surface area contributed by atoms with E-state index in [2.05, 4.69) is 411 Å². The summed E-state index contributed by atoms with van der Waals surface area (Å²) in [5.74, 6) is 0. The molecule has 0 N–H and O–H groups in total. The molecular weight excluding hydrogens is 1380 g/mol. The average Bonchev–Trinajstić information content (AvgIpc) is 1.54.